The Hall–Kier alpha value is -4.26. The summed E-state index contributed by atoms with van der Waals surface area (Å²) in [6.45, 7) is 0.723. The number of carbonyl (C=O) groups excluding carboxylic acids is 1. The molecule has 0 atom stereocenters. The molecule has 0 saturated heterocycles. The molecule has 4 aromatic rings. The highest BCUT2D eigenvalue weighted by molar-refractivity contribution is 5.93. The lowest BCUT2D eigenvalue weighted by molar-refractivity contribution is 0.0767. The zero-order chi connectivity index (χ0) is 23.9. The Labute approximate surface area is 199 Å². The molecule has 174 valence electrons. The van der Waals surface area contributed by atoms with E-state index >= 15 is 0 Å². The Morgan fingerprint density at radius 3 is 2.24 bits per heavy atom. The summed E-state index contributed by atoms with van der Waals surface area (Å²) < 4.78 is 18.2. The molecule has 0 bridgehead atoms. The van der Waals surface area contributed by atoms with Gasteiger partial charge in [-0.3, -0.25) is 4.79 Å². The first-order valence-corrected chi connectivity index (χ1v) is 10.9. The van der Waals surface area contributed by atoms with E-state index in [1.165, 1.54) is 0 Å². The van der Waals surface area contributed by atoms with Gasteiger partial charge in [-0.1, -0.05) is 30.3 Å². The summed E-state index contributed by atoms with van der Waals surface area (Å²) in [5, 5.41) is 4.65. The molecule has 0 N–H and O–H groups in total. The van der Waals surface area contributed by atoms with Gasteiger partial charge in [-0.15, -0.1) is 0 Å². The molecule has 7 nitrogen and oxygen atoms in total. The predicted molar refractivity (Wildman–Crippen MR) is 131 cm³/mol. The zero-order valence-corrected chi connectivity index (χ0v) is 19.5. The van der Waals surface area contributed by atoms with E-state index in [-0.39, 0.29) is 5.91 Å². The van der Waals surface area contributed by atoms with Crippen molar-refractivity contribution >= 4 is 5.91 Å². The van der Waals surface area contributed by atoms with Crippen molar-refractivity contribution in [3.8, 4) is 34.2 Å². The third-order valence-electron chi connectivity index (χ3n) is 5.42. The summed E-state index contributed by atoms with van der Waals surface area (Å²) >= 11 is 0. The van der Waals surface area contributed by atoms with Crippen LogP contribution in [0.3, 0.4) is 0 Å². The second-order valence-corrected chi connectivity index (χ2v) is 7.62. The molecule has 0 fully saturated rings. The topological polar surface area (TPSA) is 65.8 Å². The largest absolute Gasteiger partial charge is 0.497 e. The number of methoxy groups -OCH3 is 2. The van der Waals surface area contributed by atoms with Crippen LogP contribution in [0.2, 0.25) is 0 Å². The van der Waals surface area contributed by atoms with Crippen LogP contribution in [0.5, 0.6) is 17.2 Å². The summed E-state index contributed by atoms with van der Waals surface area (Å²) in [5.74, 6) is 1.87. The van der Waals surface area contributed by atoms with Crippen molar-refractivity contribution in [1.29, 1.82) is 0 Å². The van der Waals surface area contributed by atoms with Crippen LogP contribution >= 0.6 is 0 Å². The maximum Gasteiger partial charge on any atom is 0.274 e. The normalized spacial score (nSPS) is 10.6. The monoisotopic (exact) mass is 457 g/mol. The van der Waals surface area contributed by atoms with E-state index < -0.39 is 0 Å². The first-order chi connectivity index (χ1) is 16.6. The molecule has 0 aliphatic rings. The van der Waals surface area contributed by atoms with Crippen molar-refractivity contribution in [2.45, 2.75) is 0 Å². The summed E-state index contributed by atoms with van der Waals surface area (Å²) in [4.78, 5) is 14.8. The van der Waals surface area contributed by atoms with Crippen molar-refractivity contribution in [3.05, 3.63) is 90.6 Å². The highest BCUT2D eigenvalue weighted by Crippen LogP contribution is 2.27. The van der Waals surface area contributed by atoms with Gasteiger partial charge in [0.05, 0.1) is 32.1 Å². The number of aromatic nitrogens is 2. The van der Waals surface area contributed by atoms with Gasteiger partial charge in [-0.2, -0.15) is 5.10 Å². The maximum absolute atomic E-state index is 13.2. The first-order valence-electron chi connectivity index (χ1n) is 10.9. The number of rotatable bonds is 9. The summed E-state index contributed by atoms with van der Waals surface area (Å²) in [6, 6.07) is 26.7. The summed E-state index contributed by atoms with van der Waals surface area (Å²) in [5.41, 5.74) is 2.97. The average molecular weight is 458 g/mol. The van der Waals surface area contributed by atoms with Gasteiger partial charge in [0, 0.05) is 12.6 Å². The van der Waals surface area contributed by atoms with E-state index in [0.29, 0.717) is 30.3 Å². The lowest BCUT2D eigenvalue weighted by Crippen LogP contribution is -2.31. The number of carbonyl (C=O) groups is 1. The van der Waals surface area contributed by atoms with Crippen LogP contribution in [0.25, 0.3) is 16.9 Å². The van der Waals surface area contributed by atoms with E-state index in [1.54, 1.807) is 30.8 Å². The van der Waals surface area contributed by atoms with Gasteiger partial charge in [0.1, 0.15) is 12.4 Å². The zero-order valence-electron chi connectivity index (χ0n) is 19.5. The van der Waals surface area contributed by atoms with Gasteiger partial charge in [0.15, 0.2) is 17.2 Å². The molecule has 1 heterocycles. The molecule has 1 aromatic heterocycles. The molecule has 3 aromatic carbocycles. The number of benzene rings is 3. The molecular formula is C27H27N3O4. The molecular weight excluding hydrogens is 430 g/mol. The molecule has 7 heteroatoms. The van der Waals surface area contributed by atoms with Crippen molar-refractivity contribution in [3.63, 3.8) is 0 Å². The van der Waals surface area contributed by atoms with Crippen LogP contribution in [0.1, 0.15) is 10.5 Å². The molecule has 0 aliphatic heterocycles. The fourth-order valence-corrected chi connectivity index (χ4v) is 3.55. The van der Waals surface area contributed by atoms with E-state index in [0.717, 1.165) is 22.7 Å². The highest BCUT2D eigenvalue weighted by atomic mass is 16.5. The van der Waals surface area contributed by atoms with Gasteiger partial charge < -0.3 is 19.1 Å². The molecule has 0 saturated carbocycles. The van der Waals surface area contributed by atoms with E-state index in [4.69, 9.17) is 14.2 Å². The molecule has 34 heavy (non-hydrogen) atoms. The van der Waals surface area contributed by atoms with E-state index in [1.807, 2.05) is 84.9 Å². The van der Waals surface area contributed by atoms with Crippen molar-refractivity contribution in [2.24, 2.45) is 0 Å². The van der Waals surface area contributed by atoms with Crippen LogP contribution < -0.4 is 14.2 Å². The molecule has 0 aliphatic carbocycles. The minimum atomic E-state index is -0.187. The Balaban J connectivity index is 1.54. The fourth-order valence-electron chi connectivity index (χ4n) is 3.55. The molecule has 0 radical (unpaired) electrons. The van der Waals surface area contributed by atoms with Gasteiger partial charge in [0.25, 0.3) is 5.91 Å². The number of hydrogen-bond acceptors (Lipinski definition) is 5. The van der Waals surface area contributed by atoms with E-state index in [2.05, 4.69) is 5.10 Å². The number of likely N-dealkylation sites (N-methyl/N-ethyl adjacent to an activating group) is 1. The number of hydrogen-bond donors (Lipinski definition) is 0. The Bertz CT molecular complexity index is 1240. The minimum absolute atomic E-state index is 0.187. The molecule has 0 spiro atoms. The minimum Gasteiger partial charge on any atom is -0.497 e. The quantitative estimate of drug-likeness (QED) is 0.364. The Kier molecular flexibility index (Phi) is 7.13. The maximum atomic E-state index is 13.2. The van der Waals surface area contributed by atoms with Crippen LogP contribution in [-0.2, 0) is 0 Å². The lowest BCUT2D eigenvalue weighted by Gasteiger charge is -2.17. The second kappa shape index (κ2) is 10.6. The van der Waals surface area contributed by atoms with Crippen LogP contribution in [0.4, 0.5) is 0 Å². The Morgan fingerprint density at radius 2 is 1.56 bits per heavy atom. The van der Waals surface area contributed by atoms with E-state index in [9.17, 15) is 4.79 Å². The molecule has 0 unspecified atom stereocenters. The smallest absolute Gasteiger partial charge is 0.274 e. The van der Waals surface area contributed by atoms with Gasteiger partial charge in [-0.25, -0.2) is 4.68 Å². The number of ether oxygens (including phenoxy) is 3. The second-order valence-electron chi connectivity index (χ2n) is 7.62. The van der Waals surface area contributed by atoms with Gasteiger partial charge in [0.2, 0.25) is 0 Å². The summed E-state index contributed by atoms with van der Waals surface area (Å²) in [6.07, 6.45) is 0. The molecule has 4 rings (SSSR count). The SMILES string of the molecule is COc1ccc(-c2cc(C(=O)N(C)CCOc3ccccc3OC)nn2-c2ccccc2)cc1. The highest BCUT2D eigenvalue weighted by Gasteiger charge is 2.20. The van der Waals surface area contributed by atoms with Crippen LogP contribution in [0.15, 0.2) is 84.9 Å². The standard InChI is InChI=1S/C27H27N3O4/c1-29(17-18-34-26-12-8-7-11-25(26)33-3)27(31)23-19-24(20-13-15-22(32-2)16-14-20)30(28-23)21-9-5-4-6-10-21/h4-16,19H,17-18H2,1-3H3. The third-order valence-corrected chi connectivity index (χ3v) is 5.42. The van der Waals surface area contributed by atoms with Crippen molar-refractivity contribution in [1.82, 2.24) is 14.7 Å². The summed E-state index contributed by atoms with van der Waals surface area (Å²) in [7, 11) is 4.97. The Morgan fingerprint density at radius 1 is 0.882 bits per heavy atom. The van der Waals surface area contributed by atoms with Crippen LogP contribution in [0, 0.1) is 0 Å². The lowest BCUT2D eigenvalue weighted by atomic mass is 10.1. The van der Waals surface area contributed by atoms with Crippen LogP contribution in [-0.4, -0.2) is 55.0 Å². The van der Waals surface area contributed by atoms with Crippen molar-refractivity contribution in [2.75, 3.05) is 34.4 Å². The third kappa shape index (κ3) is 5.04. The fraction of sp³-hybridized carbons (Fsp3) is 0.185. The number of para-hydroxylation sites is 3. The number of amides is 1. The van der Waals surface area contributed by atoms with Gasteiger partial charge >= 0.3 is 0 Å². The average Bonchev–Trinajstić information content (AvgIpc) is 3.34. The number of nitrogens with zero attached hydrogens (tertiary/aromatic N) is 3. The molecule has 1 amide bonds. The first kappa shape index (κ1) is 22.9. The predicted octanol–water partition coefficient (Wildman–Crippen LogP) is 4.71. The van der Waals surface area contributed by atoms with Gasteiger partial charge in [-0.05, 0) is 54.6 Å². The van der Waals surface area contributed by atoms with Crippen molar-refractivity contribution < 1.29 is 19.0 Å².